The van der Waals surface area contributed by atoms with Crippen LogP contribution in [0.1, 0.15) is 24.5 Å². The van der Waals surface area contributed by atoms with Gasteiger partial charge in [-0.2, -0.15) is 0 Å². The molecular weight excluding hydrogens is 316 g/mol. The van der Waals surface area contributed by atoms with Gasteiger partial charge in [0.05, 0.1) is 19.3 Å². The molecule has 1 atom stereocenters. The van der Waals surface area contributed by atoms with Crippen molar-refractivity contribution in [1.29, 1.82) is 0 Å². The minimum absolute atomic E-state index is 0.275. The van der Waals surface area contributed by atoms with Crippen molar-refractivity contribution in [2.45, 2.75) is 32.5 Å². The molecule has 5 nitrogen and oxygen atoms in total. The van der Waals surface area contributed by atoms with Gasteiger partial charge in [-0.1, -0.05) is 42.5 Å². The summed E-state index contributed by atoms with van der Waals surface area (Å²) in [6.07, 6.45) is 0.990. The molecule has 2 amide bonds. The highest BCUT2D eigenvalue weighted by Gasteiger charge is 2.03. The zero-order valence-electron chi connectivity index (χ0n) is 14.6. The smallest absolute Gasteiger partial charge is 0.319 e. The molecule has 0 bridgehead atoms. The Kier molecular flexibility index (Phi) is 7.95. The molecule has 2 aromatic rings. The first-order valence-corrected chi connectivity index (χ1v) is 8.57. The van der Waals surface area contributed by atoms with Gasteiger partial charge in [-0.15, -0.1) is 0 Å². The van der Waals surface area contributed by atoms with Crippen molar-refractivity contribution in [3.05, 3.63) is 65.7 Å². The Balaban J connectivity index is 1.72. The second kappa shape index (κ2) is 10.5. The molecule has 0 saturated carbocycles. The van der Waals surface area contributed by atoms with Crippen molar-refractivity contribution < 1.29 is 14.6 Å². The minimum Gasteiger partial charge on any atom is -0.393 e. The molecule has 0 aliphatic heterocycles. The van der Waals surface area contributed by atoms with Crippen molar-refractivity contribution >= 4 is 11.7 Å². The molecule has 0 spiro atoms. The van der Waals surface area contributed by atoms with Crippen LogP contribution < -0.4 is 10.6 Å². The Morgan fingerprint density at radius 3 is 2.64 bits per heavy atom. The van der Waals surface area contributed by atoms with Crippen LogP contribution in [0.4, 0.5) is 10.5 Å². The number of carbonyl (C=O) groups is 1. The number of amides is 2. The molecule has 0 heterocycles. The van der Waals surface area contributed by atoms with Crippen molar-refractivity contribution in [2.75, 3.05) is 18.5 Å². The van der Waals surface area contributed by atoms with Gasteiger partial charge in [0.1, 0.15) is 0 Å². The average molecular weight is 342 g/mol. The van der Waals surface area contributed by atoms with Gasteiger partial charge in [-0.25, -0.2) is 4.79 Å². The zero-order chi connectivity index (χ0) is 17.9. The summed E-state index contributed by atoms with van der Waals surface area (Å²) in [6.45, 7) is 3.29. The van der Waals surface area contributed by atoms with Crippen LogP contribution >= 0.6 is 0 Å². The predicted molar refractivity (Wildman–Crippen MR) is 99.6 cm³/mol. The number of rotatable bonds is 9. The van der Waals surface area contributed by atoms with Gasteiger partial charge in [0, 0.05) is 12.2 Å². The number of hydrogen-bond acceptors (Lipinski definition) is 3. The third-order valence-electron chi connectivity index (χ3n) is 3.68. The molecule has 0 aromatic heterocycles. The number of anilines is 1. The van der Waals surface area contributed by atoms with E-state index in [0.717, 1.165) is 17.7 Å². The fraction of sp³-hybridized carbons (Fsp3) is 0.350. The van der Waals surface area contributed by atoms with Gasteiger partial charge in [0.15, 0.2) is 0 Å². The first kappa shape index (κ1) is 19.0. The number of aliphatic hydroxyl groups is 1. The van der Waals surface area contributed by atoms with Gasteiger partial charge < -0.3 is 20.5 Å². The lowest BCUT2D eigenvalue weighted by atomic mass is 10.2. The van der Waals surface area contributed by atoms with Crippen LogP contribution in [0.2, 0.25) is 0 Å². The van der Waals surface area contributed by atoms with E-state index in [1.807, 2.05) is 42.5 Å². The number of carbonyl (C=O) groups excluding carboxylic acids is 1. The van der Waals surface area contributed by atoms with Crippen molar-refractivity contribution in [3.8, 4) is 0 Å². The molecule has 0 saturated heterocycles. The highest BCUT2D eigenvalue weighted by Crippen LogP contribution is 2.12. The van der Waals surface area contributed by atoms with Crippen LogP contribution in [0.15, 0.2) is 54.6 Å². The summed E-state index contributed by atoms with van der Waals surface area (Å²) in [5.74, 6) is 0. The Labute approximate surface area is 149 Å². The quantitative estimate of drug-likeness (QED) is 0.612. The first-order valence-electron chi connectivity index (χ1n) is 8.57. The predicted octanol–water partition coefficient (Wildman–Crippen LogP) is 3.34. The molecular formula is C20H26N2O3. The summed E-state index contributed by atoms with van der Waals surface area (Å²) in [7, 11) is 0. The van der Waals surface area contributed by atoms with Crippen molar-refractivity contribution in [3.63, 3.8) is 0 Å². The highest BCUT2D eigenvalue weighted by molar-refractivity contribution is 5.89. The Morgan fingerprint density at radius 1 is 1.12 bits per heavy atom. The second-order valence-corrected chi connectivity index (χ2v) is 6.01. The van der Waals surface area contributed by atoms with Gasteiger partial charge in [-0.05, 0) is 43.0 Å². The molecule has 3 N–H and O–H groups in total. The van der Waals surface area contributed by atoms with E-state index >= 15 is 0 Å². The Morgan fingerprint density at radius 2 is 1.88 bits per heavy atom. The van der Waals surface area contributed by atoms with Crippen LogP contribution in [0, 0.1) is 0 Å². The van der Waals surface area contributed by atoms with E-state index in [9.17, 15) is 9.90 Å². The normalized spacial score (nSPS) is 11.8. The summed E-state index contributed by atoms with van der Waals surface area (Å²) in [6, 6.07) is 17.5. The third-order valence-corrected chi connectivity index (χ3v) is 3.68. The molecule has 134 valence electrons. The summed E-state index contributed by atoms with van der Waals surface area (Å²) in [4.78, 5) is 11.8. The molecule has 0 aliphatic carbocycles. The van der Waals surface area contributed by atoms with E-state index < -0.39 is 6.10 Å². The van der Waals surface area contributed by atoms with Crippen molar-refractivity contribution in [1.82, 2.24) is 5.32 Å². The maximum atomic E-state index is 11.8. The second-order valence-electron chi connectivity index (χ2n) is 6.01. The number of ether oxygens (including phenoxy) is 1. The van der Waals surface area contributed by atoms with Crippen LogP contribution in [0.25, 0.3) is 0 Å². The largest absolute Gasteiger partial charge is 0.393 e. The van der Waals surface area contributed by atoms with Gasteiger partial charge in [-0.3, -0.25) is 0 Å². The monoisotopic (exact) mass is 342 g/mol. The molecule has 25 heavy (non-hydrogen) atoms. The lowest BCUT2D eigenvalue weighted by Crippen LogP contribution is -2.30. The Hall–Kier alpha value is -2.37. The van der Waals surface area contributed by atoms with E-state index in [1.54, 1.807) is 6.92 Å². The lowest BCUT2D eigenvalue weighted by Gasteiger charge is -2.10. The van der Waals surface area contributed by atoms with Crippen LogP contribution in [0.3, 0.4) is 0 Å². The number of nitrogens with one attached hydrogen (secondary N) is 2. The van der Waals surface area contributed by atoms with Gasteiger partial charge in [0.2, 0.25) is 0 Å². The van der Waals surface area contributed by atoms with E-state index in [-0.39, 0.29) is 6.03 Å². The molecule has 1 unspecified atom stereocenters. The number of benzene rings is 2. The molecule has 0 aliphatic rings. The van der Waals surface area contributed by atoms with E-state index in [4.69, 9.17) is 4.74 Å². The molecule has 0 radical (unpaired) electrons. The van der Waals surface area contributed by atoms with E-state index in [2.05, 4.69) is 22.8 Å². The fourth-order valence-electron chi connectivity index (χ4n) is 2.33. The van der Waals surface area contributed by atoms with Gasteiger partial charge in [0.25, 0.3) is 0 Å². The summed E-state index contributed by atoms with van der Waals surface area (Å²) < 4.78 is 5.72. The molecule has 5 heteroatoms. The lowest BCUT2D eigenvalue weighted by molar-refractivity contribution is 0.124. The summed E-state index contributed by atoms with van der Waals surface area (Å²) >= 11 is 0. The SMILES string of the molecule is CC(O)CCNC(=O)Nc1cccc(COCCc2ccccc2)c1. The standard InChI is InChI=1S/C20H26N2O3/c1-16(23)10-12-21-20(24)22-19-9-5-8-18(14-19)15-25-13-11-17-6-3-2-4-7-17/h2-9,14,16,23H,10-13,15H2,1H3,(H2,21,22,24). The first-order chi connectivity index (χ1) is 12.1. The van der Waals surface area contributed by atoms with E-state index in [1.165, 1.54) is 5.56 Å². The zero-order valence-corrected chi connectivity index (χ0v) is 14.6. The highest BCUT2D eigenvalue weighted by atomic mass is 16.5. The van der Waals surface area contributed by atoms with Crippen LogP contribution in [-0.2, 0) is 17.8 Å². The molecule has 0 fully saturated rings. The molecule has 2 aromatic carbocycles. The topological polar surface area (TPSA) is 70.6 Å². The fourth-order valence-corrected chi connectivity index (χ4v) is 2.33. The van der Waals surface area contributed by atoms with Gasteiger partial charge >= 0.3 is 6.03 Å². The summed E-state index contributed by atoms with van der Waals surface area (Å²) in [5.41, 5.74) is 2.99. The number of aliphatic hydroxyl groups excluding tert-OH is 1. The van der Waals surface area contributed by atoms with Crippen LogP contribution in [0.5, 0.6) is 0 Å². The third kappa shape index (κ3) is 7.83. The number of hydrogen-bond donors (Lipinski definition) is 3. The molecule has 2 rings (SSSR count). The van der Waals surface area contributed by atoms with Crippen LogP contribution in [-0.4, -0.2) is 30.4 Å². The Bertz CT molecular complexity index is 644. The maximum Gasteiger partial charge on any atom is 0.319 e. The summed E-state index contributed by atoms with van der Waals surface area (Å²) in [5, 5.41) is 14.7. The minimum atomic E-state index is -0.420. The van der Waals surface area contributed by atoms with Crippen molar-refractivity contribution in [2.24, 2.45) is 0 Å². The maximum absolute atomic E-state index is 11.8. The average Bonchev–Trinajstić information content (AvgIpc) is 2.60. The number of urea groups is 1. The van der Waals surface area contributed by atoms with E-state index in [0.29, 0.717) is 26.2 Å².